The molecular weight excluding hydrogens is 319 g/mol. The first-order chi connectivity index (χ1) is 9.40. The third-order valence-corrected chi connectivity index (χ3v) is 4.52. The summed E-state index contributed by atoms with van der Waals surface area (Å²) in [6.45, 7) is 1.81. The standard InChI is InChI=1S/C13H10ClFN2OS2/c1-6-5-20-11(10(6)14)13(18)17-9-3-2-7(15)4-8(9)12(16)19/h2-5H,1H3,(H2,16,19)(H,17,18). The second kappa shape index (κ2) is 5.87. The molecular formula is C13H10ClFN2OS2. The first-order valence-corrected chi connectivity index (χ1v) is 7.21. The minimum absolute atomic E-state index is 0.00765. The molecule has 0 atom stereocenters. The number of benzene rings is 1. The summed E-state index contributed by atoms with van der Waals surface area (Å²) in [5, 5.41) is 4.84. The van der Waals surface area contributed by atoms with Crippen LogP contribution in [0.25, 0.3) is 0 Å². The molecule has 1 heterocycles. The van der Waals surface area contributed by atoms with E-state index in [1.54, 1.807) is 5.38 Å². The van der Waals surface area contributed by atoms with Crippen LogP contribution >= 0.6 is 35.2 Å². The zero-order chi connectivity index (χ0) is 14.9. The Bertz CT molecular complexity index is 700. The minimum Gasteiger partial charge on any atom is -0.389 e. The van der Waals surface area contributed by atoms with Gasteiger partial charge in [0.25, 0.3) is 5.91 Å². The van der Waals surface area contributed by atoms with Crippen LogP contribution in [-0.2, 0) is 0 Å². The quantitative estimate of drug-likeness (QED) is 0.844. The van der Waals surface area contributed by atoms with Crippen LogP contribution in [0, 0.1) is 12.7 Å². The zero-order valence-corrected chi connectivity index (χ0v) is 12.8. The van der Waals surface area contributed by atoms with Crippen molar-refractivity contribution < 1.29 is 9.18 Å². The molecule has 0 aliphatic heterocycles. The molecule has 1 aromatic carbocycles. The summed E-state index contributed by atoms with van der Waals surface area (Å²) in [7, 11) is 0. The van der Waals surface area contributed by atoms with E-state index in [4.69, 9.17) is 29.6 Å². The van der Waals surface area contributed by atoms with Gasteiger partial charge in [0.15, 0.2) is 0 Å². The molecule has 0 aliphatic carbocycles. The van der Waals surface area contributed by atoms with Crippen LogP contribution in [-0.4, -0.2) is 10.9 Å². The number of nitrogens with one attached hydrogen (secondary N) is 1. The maximum absolute atomic E-state index is 13.2. The van der Waals surface area contributed by atoms with Gasteiger partial charge >= 0.3 is 0 Å². The largest absolute Gasteiger partial charge is 0.389 e. The number of rotatable bonds is 3. The van der Waals surface area contributed by atoms with E-state index >= 15 is 0 Å². The Morgan fingerprint density at radius 3 is 2.75 bits per heavy atom. The molecule has 1 amide bonds. The molecule has 0 unspecified atom stereocenters. The summed E-state index contributed by atoms with van der Waals surface area (Å²) in [5.41, 5.74) is 6.98. The monoisotopic (exact) mass is 328 g/mol. The van der Waals surface area contributed by atoms with Crippen LogP contribution in [0.15, 0.2) is 23.6 Å². The smallest absolute Gasteiger partial charge is 0.267 e. The van der Waals surface area contributed by atoms with Crippen molar-refractivity contribution in [3.05, 3.63) is 50.4 Å². The predicted molar refractivity (Wildman–Crippen MR) is 84.3 cm³/mol. The molecule has 104 valence electrons. The van der Waals surface area contributed by atoms with E-state index in [2.05, 4.69) is 5.32 Å². The highest BCUT2D eigenvalue weighted by Gasteiger charge is 2.17. The van der Waals surface area contributed by atoms with Gasteiger partial charge in [-0.05, 0) is 36.1 Å². The van der Waals surface area contributed by atoms with Crippen LogP contribution in [0.2, 0.25) is 5.02 Å². The van der Waals surface area contributed by atoms with Crippen molar-refractivity contribution in [3.8, 4) is 0 Å². The summed E-state index contributed by atoms with van der Waals surface area (Å²) < 4.78 is 13.2. The van der Waals surface area contributed by atoms with Gasteiger partial charge in [-0.2, -0.15) is 0 Å². The number of anilines is 1. The van der Waals surface area contributed by atoms with Crippen molar-refractivity contribution in [2.45, 2.75) is 6.92 Å². The molecule has 0 saturated heterocycles. The Kier molecular flexibility index (Phi) is 4.37. The Labute approximate surface area is 129 Å². The van der Waals surface area contributed by atoms with E-state index in [1.165, 1.54) is 29.5 Å². The number of hydrogen-bond donors (Lipinski definition) is 2. The lowest BCUT2D eigenvalue weighted by atomic mass is 10.1. The minimum atomic E-state index is -0.476. The second-order valence-electron chi connectivity index (χ2n) is 4.07. The van der Waals surface area contributed by atoms with Crippen molar-refractivity contribution in [2.75, 3.05) is 5.32 Å². The summed E-state index contributed by atoms with van der Waals surface area (Å²) in [6.07, 6.45) is 0. The third-order valence-electron chi connectivity index (χ3n) is 2.60. The summed E-state index contributed by atoms with van der Waals surface area (Å²) >= 11 is 12.1. The van der Waals surface area contributed by atoms with Crippen LogP contribution in [0.1, 0.15) is 20.8 Å². The van der Waals surface area contributed by atoms with Crippen LogP contribution < -0.4 is 11.1 Å². The fraction of sp³-hybridized carbons (Fsp3) is 0.0769. The number of halogens is 2. The molecule has 0 spiro atoms. The predicted octanol–water partition coefficient (Wildman–Crippen LogP) is 3.74. The van der Waals surface area contributed by atoms with Crippen molar-refractivity contribution in [3.63, 3.8) is 0 Å². The highest BCUT2D eigenvalue weighted by atomic mass is 35.5. The molecule has 7 heteroatoms. The van der Waals surface area contributed by atoms with E-state index in [-0.39, 0.29) is 16.5 Å². The van der Waals surface area contributed by atoms with Crippen molar-refractivity contribution >= 4 is 51.7 Å². The van der Waals surface area contributed by atoms with E-state index in [1.807, 2.05) is 6.92 Å². The lowest BCUT2D eigenvalue weighted by Gasteiger charge is -2.09. The fourth-order valence-corrected chi connectivity index (χ4v) is 2.93. The Hall–Kier alpha value is -1.50. The Balaban J connectivity index is 2.33. The highest BCUT2D eigenvalue weighted by molar-refractivity contribution is 7.80. The van der Waals surface area contributed by atoms with Gasteiger partial charge in [0.1, 0.15) is 15.7 Å². The van der Waals surface area contributed by atoms with Crippen molar-refractivity contribution in [2.24, 2.45) is 5.73 Å². The first-order valence-electron chi connectivity index (χ1n) is 5.54. The van der Waals surface area contributed by atoms with Gasteiger partial charge in [-0.1, -0.05) is 23.8 Å². The number of hydrogen-bond acceptors (Lipinski definition) is 3. The van der Waals surface area contributed by atoms with Gasteiger partial charge in [0.2, 0.25) is 0 Å². The number of thiophene rings is 1. The third kappa shape index (κ3) is 2.98. The maximum atomic E-state index is 13.2. The van der Waals surface area contributed by atoms with E-state index < -0.39 is 5.82 Å². The summed E-state index contributed by atoms with van der Waals surface area (Å²) in [6, 6.07) is 3.81. The molecule has 1 aromatic heterocycles. The number of aryl methyl sites for hydroxylation is 1. The Morgan fingerprint density at radius 2 is 2.20 bits per heavy atom. The van der Waals surface area contributed by atoms with Crippen LogP contribution in [0.3, 0.4) is 0 Å². The van der Waals surface area contributed by atoms with Gasteiger partial charge in [0.05, 0.1) is 10.7 Å². The number of amides is 1. The lowest BCUT2D eigenvalue weighted by Crippen LogP contribution is -2.17. The van der Waals surface area contributed by atoms with Gasteiger partial charge < -0.3 is 11.1 Å². The van der Waals surface area contributed by atoms with E-state index in [9.17, 15) is 9.18 Å². The topological polar surface area (TPSA) is 55.1 Å². The zero-order valence-electron chi connectivity index (χ0n) is 10.4. The molecule has 0 saturated carbocycles. The van der Waals surface area contributed by atoms with Gasteiger partial charge in [-0.15, -0.1) is 11.3 Å². The maximum Gasteiger partial charge on any atom is 0.267 e. The number of carbonyl (C=O) groups excluding carboxylic acids is 1. The lowest BCUT2D eigenvalue weighted by molar-refractivity contribution is 0.103. The fourth-order valence-electron chi connectivity index (χ4n) is 1.59. The Morgan fingerprint density at radius 1 is 1.50 bits per heavy atom. The molecule has 2 rings (SSSR count). The average molecular weight is 329 g/mol. The molecule has 3 nitrogen and oxygen atoms in total. The molecule has 0 radical (unpaired) electrons. The SMILES string of the molecule is Cc1csc(C(=O)Nc2ccc(F)cc2C(N)=S)c1Cl. The summed E-state index contributed by atoms with van der Waals surface area (Å²) in [4.78, 5) is 12.5. The highest BCUT2D eigenvalue weighted by Crippen LogP contribution is 2.28. The number of carbonyl (C=O) groups is 1. The average Bonchev–Trinajstić information content (AvgIpc) is 2.72. The molecule has 0 aliphatic rings. The molecule has 2 aromatic rings. The van der Waals surface area contributed by atoms with E-state index in [0.717, 1.165) is 5.56 Å². The van der Waals surface area contributed by atoms with Crippen LogP contribution in [0.5, 0.6) is 0 Å². The van der Waals surface area contributed by atoms with E-state index in [0.29, 0.717) is 15.6 Å². The molecule has 20 heavy (non-hydrogen) atoms. The van der Waals surface area contributed by atoms with Crippen molar-refractivity contribution in [1.29, 1.82) is 0 Å². The molecule has 0 fully saturated rings. The van der Waals surface area contributed by atoms with Crippen molar-refractivity contribution in [1.82, 2.24) is 0 Å². The normalized spacial score (nSPS) is 10.3. The number of thiocarbonyl (C=S) groups is 1. The summed E-state index contributed by atoms with van der Waals surface area (Å²) in [5.74, 6) is -0.854. The number of nitrogens with two attached hydrogens (primary N) is 1. The molecule has 0 bridgehead atoms. The van der Waals surface area contributed by atoms with Gasteiger partial charge in [0, 0.05) is 5.56 Å². The van der Waals surface area contributed by atoms with Gasteiger partial charge in [-0.25, -0.2) is 4.39 Å². The second-order valence-corrected chi connectivity index (χ2v) is 5.77. The molecule has 3 N–H and O–H groups in total. The first kappa shape index (κ1) is 14.9. The van der Waals surface area contributed by atoms with Gasteiger partial charge in [-0.3, -0.25) is 4.79 Å². The van der Waals surface area contributed by atoms with Crippen LogP contribution in [0.4, 0.5) is 10.1 Å².